The van der Waals surface area contributed by atoms with Crippen molar-refractivity contribution in [1.82, 2.24) is 0 Å². The van der Waals surface area contributed by atoms with E-state index in [1.54, 1.807) is 6.92 Å². The average Bonchev–Trinajstić information content (AvgIpc) is 2.11. The van der Waals surface area contributed by atoms with Crippen LogP contribution < -0.4 is 4.74 Å². The lowest BCUT2D eigenvalue weighted by molar-refractivity contribution is -0.386. The van der Waals surface area contributed by atoms with Crippen LogP contribution in [0.2, 0.25) is 5.02 Å². The third kappa shape index (κ3) is 2.11. The standard InChI is InChI=1S/C8H7ClFNO3/c1-2-14-8-3-5(9)6(10)4-7(8)11(12)13/h3-4H,2H2,1H3. The van der Waals surface area contributed by atoms with E-state index in [1.165, 1.54) is 0 Å². The molecule has 0 aliphatic rings. The molecule has 0 heterocycles. The van der Waals surface area contributed by atoms with Crippen LogP contribution in [0.1, 0.15) is 6.92 Å². The molecule has 0 saturated carbocycles. The Morgan fingerprint density at radius 3 is 2.79 bits per heavy atom. The zero-order chi connectivity index (χ0) is 10.7. The van der Waals surface area contributed by atoms with Crippen LogP contribution in [0.4, 0.5) is 10.1 Å². The molecular weight excluding hydrogens is 213 g/mol. The van der Waals surface area contributed by atoms with E-state index in [4.69, 9.17) is 16.3 Å². The Labute approximate surface area is 84.4 Å². The van der Waals surface area contributed by atoms with Crippen LogP contribution in [0, 0.1) is 15.9 Å². The second-order valence-electron chi connectivity index (χ2n) is 2.42. The smallest absolute Gasteiger partial charge is 0.313 e. The molecule has 0 N–H and O–H groups in total. The van der Waals surface area contributed by atoms with E-state index in [-0.39, 0.29) is 17.4 Å². The van der Waals surface area contributed by atoms with Crippen LogP contribution >= 0.6 is 11.6 Å². The number of hydrogen-bond donors (Lipinski definition) is 0. The van der Waals surface area contributed by atoms with E-state index in [0.717, 1.165) is 12.1 Å². The average molecular weight is 220 g/mol. The highest BCUT2D eigenvalue weighted by atomic mass is 35.5. The van der Waals surface area contributed by atoms with Gasteiger partial charge in [0.05, 0.1) is 22.6 Å². The van der Waals surface area contributed by atoms with Gasteiger partial charge in [-0.2, -0.15) is 0 Å². The molecule has 0 saturated heterocycles. The summed E-state index contributed by atoms with van der Waals surface area (Å²) in [5.74, 6) is -0.856. The third-order valence-electron chi connectivity index (χ3n) is 1.50. The third-order valence-corrected chi connectivity index (χ3v) is 1.79. The molecule has 1 aromatic rings. The molecule has 0 aliphatic heterocycles. The van der Waals surface area contributed by atoms with Gasteiger partial charge in [0.2, 0.25) is 0 Å². The molecule has 0 atom stereocenters. The maximum absolute atomic E-state index is 12.9. The summed E-state index contributed by atoms with van der Waals surface area (Å²) in [6.07, 6.45) is 0. The Morgan fingerprint density at radius 1 is 1.64 bits per heavy atom. The van der Waals surface area contributed by atoms with Crippen LogP contribution in [-0.4, -0.2) is 11.5 Å². The Bertz CT molecular complexity index is 370. The highest BCUT2D eigenvalue weighted by Gasteiger charge is 2.18. The number of nitrogens with zero attached hydrogens (tertiary/aromatic N) is 1. The van der Waals surface area contributed by atoms with Crippen molar-refractivity contribution < 1.29 is 14.1 Å². The van der Waals surface area contributed by atoms with Gasteiger partial charge < -0.3 is 4.74 Å². The van der Waals surface area contributed by atoms with Gasteiger partial charge >= 0.3 is 5.69 Å². The Kier molecular flexibility index (Phi) is 3.24. The molecule has 0 radical (unpaired) electrons. The minimum atomic E-state index is -0.832. The molecule has 1 aromatic carbocycles. The number of hydrogen-bond acceptors (Lipinski definition) is 3. The fourth-order valence-electron chi connectivity index (χ4n) is 0.932. The Hall–Kier alpha value is -1.36. The molecule has 0 bridgehead atoms. The van der Waals surface area contributed by atoms with Crippen molar-refractivity contribution in [3.05, 3.63) is 33.1 Å². The van der Waals surface area contributed by atoms with Crippen LogP contribution in [0.3, 0.4) is 0 Å². The van der Waals surface area contributed by atoms with Gasteiger partial charge in [0.15, 0.2) is 5.75 Å². The molecule has 4 nitrogen and oxygen atoms in total. The molecule has 0 spiro atoms. The molecule has 14 heavy (non-hydrogen) atoms. The van der Waals surface area contributed by atoms with Crippen LogP contribution in [0.25, 0.3) is 0 Å². The molecule has 1 rings (SSSR count). The summed E-state index contributed by atoms with van der Waals surface area (Å²) in [5, 5.41) is 10.3. The first kappa shape index (κ1) is 10.7. The summed E-state index contributed by atoms with van der Waals surface area (Å²) in [7, 11) is 0. The first-order valence-electron chi connectivity index (χ1n) is 3.82. The number of nitro benzene ring substituents is 1. The fraction of sp³-hybridized carbons (Fsp3) is 0.250. The topological polar surface area (TPSA) is 52.4 Å². The van der Waals surface area contributed by atoms with Crippen LogP contribution in [0.5, 0.6) is 5.75 Å². The van der Waals surface area contributed by atoms with Crippen molar-refractivity contribution in [2.75, 3.05) is 6.61 Å². The zero-order valence-corrected chi connectivity index (χ0v) is 8.05. The van der Waals surface area contributed by atoms with Gasteiger partial charge in [0, 0.05) is 6.07 Å². The van der Waals surface area contributed by atoms with E-state index in [1.807, 2.05) is 0 Å². The molecule has 0 unspecified atom stereocenters. The van der Waals surface area contributed by atoms with Gasteiger partial charge in [-0.1, -0.05) is 11.6 Å². The van der Waals surface area contributed by atoms with Gasteiger partial charge in [-0.25, -0.2) is 4.39 Å². The lowest BCUT2D eigenvalue weighted by atomic mass is 10.3. The normalized spacial score (nSPS) is 9.93. The summed E-state index contributed by atoms with van der Waals surface area (Å²) in [6.45, 7) is 1.92. The van der Waals surface area contributed by atoms with Crippen molar-refractivity contribution >= 4 is 17.3 Å². The molecule has 0 fully saturated rings. The summed E-state index contributed by atoms with van der Waals surface area (Å²) in [4.78, 5) is 9.76. The predicted molar refractivity (Wildman–Crippen MR) is 49.2 cm³/mol. The van der Waals surface area contributed by atoms with Gasteiger partial charge in [-0.05, 0) is 6.92 Å². The van der Waals surface area contributed by atoms with Crippen LogP contribution in [-0.2, 0) is 0 Å². The van der Waals surface area contributed by atoms with E-state index in [2.05, 4.69) is 0 Å². The quantitative estimate of drug-likeness (QED) is 0.580. The summed E-state index contributed by atoms with van der Waals surface area (Å²) >= 11 is 5.45. The van der Waals surface area contributed by atoms with Crippen LogP contribution in [0.15, 0.2) is 12.1 Å². The lowest BCUT2D eigenvalue weighted by Gasteiger charge is -2.04. The van der Waals surface area contributed by atoms with E-state index >= 15 is 0 Å². The Balaban J connectivity index is 3.24. The van der Waals surface area contributed by atoms with E-state index in [0.29, 0.717) is 0 Å². The van der Waals surface area contributed by atoms with Gasteiger partial charge in [-0.15, -0.1) is 0 Å². The first-order chi connectivity index (χ1) is 6.56. The number of benzene rings is 1. The zero-order valence-electron chi connectivity index (χ0n) is 7.29. The van der Waals surface area contributed by atoms with Gasteiger partial charge in [0.25, 0.3) is 0 Å². The van der Waals surface area contributed by atoms with Gasteiger partial charge in [-0.3, -0.25) is 10.1 Å². The van der Waals surface area contributed by atoms with E-state index in [9.17, 15) is 14.5 Å². The summed E-state index contributed by atoms with van der Waals surface area (Å²) < 4.78 is 17.8. The summed E-state index contributed by atoms with van der Waals surface area (Å²) in [5.41, 5.74) is -0.422. The van der Waals surface area contributed by atoms with Gasteiger partial charge in [0.1, 0.15) is 5.82 Å². The van der Waals surface area contributed by atoms with Crippen molar-refractivity contribution in [1.29, 1.82) is 0 Å². The van der Waals surface area contributed by atoms with Crippen molar-refractivity contribution in [3.8, 4) is 5.75 Å². The second-order valence-corrected chi connectivity index (χ2v) is 2.83. The number of rotatable bonds is 3. The van der Waals surface area contributed by atoms with E-state index < -0.39 is 16.4 Å². The number of nitro groups is 1. The Morgan fingerprint density at radius 2 is 2.29 bits per heavy atom. The lowest BCUT2D eigenvalue weighted by Crippen LogP contribution is -1.98. The largest absolute Gasteiger partial charge is 0.487 e. The first-order valence-corrected chi connectivity index (χ1v) is 4.20. The predicted octanol–water partition coefficient (Wildman–Crippen LogP) is 2.79. The molecule has 0 amide bonds. The van der Waals surface area contributed by atoms with Crippen molar-refractivity contribution in [2.45, 2.75) is 6.92 Å². The molecular formula is C8H7ClFNO3. The minimum Gasteiger partial charge on any atom is -0.487 e. The molecule has 0 aliphatic carbocycles. The molecule has 76 valence electrons. The SMILES string of the molecule is CCOc1cc(Cl)c(F)cc1[N+](=O)[O-]. The molecule has 0 aromatic heterocycles. The highest BCUT2D eigenvalue weighted by Crippen LogP contribution is 2.32. The number of halogens is 2. The van der Waals surface area contributed by atoms with Crippen molar-refractivity contribution in [2.24, 2.45) is 0 Å². The van der Waals surface area contributed by atoms with Crippen molar-refractivity contribution in [3.63, 3.8) is 0 Å². The second kappa shape index (κ2) is 4.23. The monoisotopic (exact) mass is 219 g/mol. The maximum atomic E-state index is 12.9. The fourth-order valence-corrected chi connectivity index (χ4v) is 1.09. The maximum Gasteiger partial charge on any atom is 0.313 e. The summed E-state index contributed by atoms with van der Waals surface area (Å²) in [6, 6.07) is 1.84. The number of ether oxygens (including phenoxy) is 1. The molecule has 6 heteroatoms. The minimum absolute atomic E-state index is 0.0242. The highest BCUT2D eigenvalue weighted by molar-refractivity contribution is 6.31.